The summed E-state index contributed by atoms with van der Waals surface area (Å²) in [6, 6.07) is 10.7. The molecule has 2 aromatic rings. The fourth-order valence-corrected chi connectivity index (χ4v) is 3.75. The third-order valence-electron chi connectivity index (χ3n) is 4.32. The zero-order chi connectivity index (χ0) is 18.0. The minimum absolute atomic E-state index is 0.00371. The molecule has 1 saturated heterocycles. The lowest BCUT2D eigenvalue weighted by atomic mass is 10.1. The molecule has 132 valence electrons. The third kappa shape index (κ3) is 3.82. The van der Waals surface area contributed by atoms with Gasteiger partial charge in [0.25, 0.3) is 5.91 Å². The molecule has 1 fully saturated rings. The number of benzene rings is 1. The first-order valence-corrected chi connectivity index (χ1v) is 10.0. The molecular weight excluding hydrogens is 338 g/mol. The average Bonchev–Trinajstić information content (AvgIpc) is 2.61. The Hall–Kier alpha value is -2.41. The number of carbonyl (C=O) groups excluding carboxylic acids is 1. The Morgan fingerprint density at radius 1 is 1.04 bits per heavy atom. The van der Waals surface area contributed by atoms with Gasteiger partial charge in [0.15, 0.2) is 9.84 Å². The number of hydrogen-bond acceptors (Lipinski definition) is 5. The van der Waals surface area contributed by atoms with E-state index in [2.05, 4.69) is 4.98 Å². The number of nitrogens with zero attached hydrogens (tertiary/aromatic N) is 3. The van der Waals surface area contributed by atoms with Gasteiger partial charge in [0.05, 0.1) is 0 Å². The summed E-state index contributed by atoms with van der Waals surface area (Å²) in [7, 11) is -3.34. The maximum Gasteiger partial charge on any atom is 0.253 e. The summed E-state index contributed by atoms with van der Waals surface area (Å²) in [6.07, 6.45) is 2.78. The Morgan fingerprint density at radius 2 is 1.68 bits per heavy atom. The minimum atomic E-state index is -3.34. The predicted molar refractivity (Wildman–Crippen MR) is 96.6 cm³/mol. The van der Waals surface area contributed by atoms with E-state index in [1.165, 1.54) is 6.26 Å². The molecule has 7 heteroatoms. The number of sulfone groups is 1. The minimum Gasteiger partial charge on any atom is -0.352 e. The Bertz CT molecular complexity index is 871. The topological polar surface area (TPSA) is 70.6 Å². The van der Waals surface area contributed by atoms with Crippen LogP contribution < -0.4 is 4.90 Å². The van der Waals surface area contributed by atoms with Crippen molar-refractivity contribution < 1.29 is 13.2 Å². The van der Waals surface area contributed by atoms with Gasteiger partial charge in [-0.3, -0.25) is 4.79 Å². The van der Waals surface area contributed by atoms with Crippen LogP contribution in [0.3, 0.4) is 0 Å². The van der Waals surface area contributed by atoms with Gasteiger partial charge in [-0.25, -0.2) is 13.4 Å². The van der Waals surface area contributed by atoms with Crippen LogP contribution >= 0.6 is 0 Å². The first-order valence-electron chi connectivity index (χ1n) is 8.12. The van der Waals surface area contributed by atoms with Crippen LogP contribution in [0.1, 0.15) is 15.9 Å². The fourth-order valence-electron chi connectivity index (χ4n) is 2.91. The molecule has 25 heavy (non-hydrogen) atoms. The normalized spacial score (nSPS) is 15.3. The van der Waals surface area contributed by atoms with E-state index in [-0.39, 0.29) is 10.8 Å². The van der Waals surface area contributed by atoms with Gasteiger partial charge in [0, 0.05) is 44.2 Å². The molecule has 6 nitrogen and oxygen atoms in total. The van der Waals surface area contributed by atoms with Gasteiger partial charge in [0.1, 0.15) is 10.7 Å². The van der Waals surface area contributed by atoms with Crippen LogP contribution in [0.5, 0.6) is 0 Å². The van der Waals surface area contributed by atoms with Crippen molar-refractivity contribution in [3.05, 3.63) is 53.7 Å². The summed E-state index contributed by atoms with van der Waals surface area (Å²) in [4.78, 5) is 20.8. The summed E-state index contributed by atoms with van der Waals surface area (Å²) in [6.45, 7) is 4.16. The molecule has 0 aliphatic carbocycles. The zero-order valence-corrected chi connectivity index (χ0v) is 15.2. The maximum atomic E-state index is 12.6. The molecular formula is C18H21N3O3S. The van der Waals surface area contributed by atoms with Gasteiger partial charge in [-0.15, -0.1) is 0 Å². The van der Waals surface area contributed by atoms with Crippen molar-refractivity contribution in [3.63, 3.8) is 0 Å². The van der Waals surface area contributed by atoms with Crippen molar-refractivity contribution >= 4 is 21.6 Å². The highest BCUT2D eigenvalue weighted by Crippen LogP contribution is 2.23. The molecule has 1 amide bonds. The maximum absolute atomic E-state index is 12.6. The van der Waals surface area contributed by atoms with Gasteiger partial charge in [-0.05, 0) is 31.2 Å². The smallest absolute Gasteiger partial charge is 0.253 e. The van der Waals surface area contributed by atoms with Gasteiger partial charge >= 0.3 is 0 Å². The van der Waals surface area contributed by atoms with E-state index in [0.717, 1.165) is 5.56 Å². The van der Waals surface area contributed by atoms with Gasteiger partial charge in [-0.1, -0.05) is 17.7 Å². The van der Waals surface area contributed by atoms with E-state index in [9.17, 15) is 13.2 Å². The van der Waals surface area contributed by atoms with Crippen LogP contribution in [0.15, 0.2) is 47.5 Å². The second kappa shape index (κ2) is 6.84. The number of anilines is 1. The number of piperazine rings is 1. The van der Waals surface area contributed by atoms with Crippen LogP contribution in [0.25, 0.3) is 0 Å². The van der Waals surface area contributed by atoms with Crippen molar-refractivity contribution in [1.29, 1.82) is 0 Å². The SMILES string of the molecule is Cc1ccc(C(=O)N2CCN(c3ncccc3S(C)(=O)=O)CC2)cc1. The molecule has 0 N–H and O–H groups in total. The summed E-state index contributed by atoms with van der Waals surface area (Å²) in [5.41, 5.74) is 1.79. The zero-order valence-electron chi connectivity index (χ0n) is 14.3. The van der Waals surface area contributed by atoms with Crippen LogP contribution in [-0.4, -0.2) is 56.6 Å². The summed E-state index contributed by atoms with van der Waals surface area (Å²) >= 11 is 0. The van der Waals surface area contributed by atoms with Crippen LogP contribution in [-0.2, 0) is 9.84 Å². The van der Waals surface area contributed by atoms with E-state index in [0.29, 0.717) is 37.6 Å². The van der Waals surface area contributed by atoms with E-state index < -0.39 is 9.84 Å². The van der Waals surface area contributed by atoms with E-state index >= 15 is 0 Å². The molecule has 0 saturated carbocycles. The van der Waals surface area contributed by atoms with Gasteiger partial charge < -0.3 is 9.80 Å². The lowest BCUT2D eigenvalue weighted by molar-refractivity contribution is 0.0746. The third-order valence-corrected chi connectivity index (χ3v) is 5.43. The Morgan fingerprint density at radius 3 is 2.28 bits per heavy atom. The van der Waals surface area contributed by atoms with Crippen molar-refractivity contribution in [2.75, 3.05) is 37.3 Å². The number of pyridine rings is 1. The van der Waals surface area contributed by atoms with E-state index in [4.69, 9.17) is 0 Å². The number of aromatic nitrogens is 1. The quantitative estimate of drug-likeness (QED) is 0.835. The Labute approximate surface area is 148 Å². The second-order valence-electron chi connectivity index (χ2n) is 6.24. The summed E-state index contributed by atoms with van der Waals surface area (Å²) < 4.78 is 23.9. The molecule has 2 heterocycles. The molecule has 0 spiro atoms. The number of amides is 1. The number of aryl methyl sites for hydroxylation is 1. The molecule has 1 aromatic heterocycles. The summed E-state index contributed by atoms with van der Waals surface area (Å²) in [5, 5.41) is 0. The highest BCUT2D eigenvalue weighted by atomic mass is 32.2. The number of hydrogen-bond donors (Lipinski definition) is 0. The molecule has 1 aliphatic rings. The monoisotopic (exact) mass is 359 g/mol. The lowest BCUT2D eigenvalue weighted by Crippen LogP contribution is -2.49. The Balaban J connectivity index is 1.72. The predicted octanol–water partition coefficient (Wildman–Crippen LogP) is 1.76. The van der Waals surface area contributed by atoms with Crippen molar-refractivity contribution in [2.45, 2.75) is 11.8 Å². The van der Waals surface area contributed by atoms with Crippen LogP contribution in [0.4, 0.5) is 5.82 Å². The molecule has 0 atom stereocenters. The fraction of sp³-hybridized carbons (Fsp3) is 0.333. The van der Waals surface area contributed by atoms with E-state index in [1.807, 2.05) is 36.1 Å². The van der Waals surface area contributed by atoms with Gasteiger partial charge in [0.2, 0.25) is 0 Å². The molecule has 0 unspecified atom stereocenters. The number of rotatable bonds is 3. The van der Waals surface area contributed by atoms with Crippen LogP contribution in [0.2, 0.25) is 0 Å². The number of carbonyl (C=O) groups is 1. The van der Waals surface area contributed by atoms with Crippen molar-refractivity contribution in [3.8, 4) is 0 Å². The lowest BCUT2D eigenvalue weighted by Gasteiger charge is -2.36. The highest BCUT2D eigenvalue weighted by molar-refractivity contribution is 7.90. The molecule has 1 aliphatic heterocycles. The molecule has 0 bridgehead atoms. The Kier molecular flexibility index (Phi) is 4.76. The van der Waals surface area contributed by atoms with Crippen LogP contribution in [0, 0.1) is 6.92 Å². The first-order chi connectivity index (χ1) is 11.9. The first kappa shape index (κ1) is 17.4. The molecule has 0 radical (unpaired) electrons. The van der Waals surface area contributed by atoms with E-state index in [1.54, 1.807) is 23.2 Å². The van der Waals surface area contributed by atoms with Gasteiger partial charge in [-0.2, -0.15) is 0 Å². The van der Waals surface area contributed by atoms with Crippen molar-refractivity contribution in [2.24, 2.45) is 0 Å². The largest absolute Gasteiger partial charge is 0.352 e. The molecule has 3 rings (SSSR count). The summed E-state index contributed by atoms with van der Waals surface area (Å²) in [5.74, 6) is 0.469. The second-order valence-corrected chi connectivity index (χ2v) is 8.23. The standard InChI is InChI=1S/C18H21N3O3S/c1-14-5-7-15(8-6-14)18(22)21-12-10-20(11-13-21)17-16(25(2,23)24)4-3-9-19-17/h3-9H,10-13H2,1-2H3. The van der Waals surface area contributed by atoms with Crippen molar-refractivity contribution in [1.82, 2.24) is 9.88 Å². The molecule has 1 aromatic carbocycles. The average molecular weight is 359 g/mol. The highest BCUT2D eigenvalue weighted by Gasteiger charge is 2.26.